The molecule has 0 unspecified atom stereocenters. The molecule has 2 bridgehead atoms. The number of aliphatic imine (C=N–C) groups is 1. The van der Waals surface area contributed by atoms with Crippen LogP contribution in [0.1, 0.15) is 23.1 Å². The van der Waals surface area contributed by atoms with E-state index < -0.39 is 0 Å². The lowest BCUT2D eigenvalue weighted by Gasteiger charge is -2.38. The normalized spacial score (nSPS) is 16.5. The molecule has 0 atom stereocenters. The molecular formula is C32H36N4S. The SMILES string of the molecule is Cc1c2cccc1SC(/C=C1\C=C(N(C)CCN(C)C)N(c3ccccc3)c3ccccc31)=NCCC2. The lowest BCUT2D eigenvalue weighted by Crippen LogP contribution is -2.36. The monoisotopic (exact) mass is 508 g/mol. The largest absolute Gasteiger partial charge is 0.359 e. The van der Waals surface area contributed by atoms with Crippen molar-refractivity contribution in [3.63, 3.8) is 0 Å². The van der Waals surface area contributed by atoms with Crippen molar-refractivity contribution in [2.45, 2.75) is 24.7 Å². The first kappa shape index (κ1) is 25.4. The Bertz CT molecular complexity index is 1340. The number of likely N-dealkylation sites (N-methyl/N-ethyl adjacent to an activating group) is 2. The average Bonchev–Trinajstić information content (AvgIpc) is 2.94. The van der Waals surface area contributed by atoms with Crippen LogP contribution in [0.4, 0.5) is 11.4 Å². The molecule has 0 aromatic heterocycles. The lowest BCUT2D eigenvalue weighted by atomic mass is 9.97. The second-order valence-electron chi connectivity index (χ2n) is 9.98. The van der Waals surface area contributed by atoms with Gasteiger partial charge in [0.2, 0.25) is 0 Å². The highest BCUT2D eigenvalue weighted by Gasteiger charge is 2.26. The minimum absolute atomic E-state index is 0.848. The predicted molar refractivity (Wildman–Crippen MR) is 160 cm³/mol. The summed E-state index contributed by atoms with van der Waals surface area (Å²) in [5.74, 6) is 1.17. The highest BCUT2D eigenvalue weighted by atomic mass is 32.2. The molecule has 0 saturated heterocycles. The predicted octanol–water partition coefficient (Wildman–Crippen LogP) is 7.00. The van der Waals surface area contributed by atoms with Crippen LogP contribution >= 0.6 is 11.8 Å². The number of benzene rings is 3. The Morgan fingerprint density at radius 2 is 1.70 bits per heavy atom. The Labute approximate surface area is 226 Å². The van der Waals surface area contributed by atoms with Crippen LogP contribution in [0.5, 0.6) is 0 Å². The van der Waals surface area contributed by atoms with Crippen LogP contribution in [0.2, 0.25) is 0 Å². The number of hydrogen-bond acceptors (Lipinski definition) is 5. The fraction of sp³-hybridized carbons (Fsp3) is 0.281. The Hall–Kier alpha value is -3.28. The number of fused-ring (bicyclic) bond motifs is 3. The van der Waals surface area contributed by atoms with Crippen molar-refractivity contribution in [2.75, 3.05) is 45.7 Å². The number of rotatable bonds is 6. The van der Waals surface area contributed by atoms with Crippen LogP contribution in [-0.4, -0.2) is 55.6 Å². The van der Waals surface area contributed by atoms with Gasteiger partial charge < -0.3 is 9.80 Å². The Morgan fingerprint density at radius 1 is 0.919 bits per heavy atom. The van der Waals surface area contributed by atoms with Gasteiger partial charge >= 0.3 is 0 Å². The summed E-state index contributed by atoms with van der Waals surface area (Å²) in [7, 11) is 6.45. The third-order valence-electron chi connectivity index (χ3n) is 7.02. The zero-order valence-corrected chi connectivity index (χ0v) is 23.1. The molecule has 190 valence electrons. The maximum Gasteiger partial charge on any atom is 0.113 e. The summed E-state index contributed by atoms with van der Waals surface area (Å²) in [4.78, 5) is 13.3. The zero-order valence-electron chi connectivity index (χ0n) is 22.3. The van der Waals surface area contributed by atoms with Crippen LogP contribution in [0.3, 0.4) is 0 Å². The Balaban J connectivity index is 1.61. The van der Waals surface area contributed by atoms with Gasteiger partial charge in [-0.15, -0.1) is 0 Å². The summed E-state index contributed by atoms with van der Waals surface area (Å²) in [5.41, 5.74) is 7.62. The first-order valence-electron chi connectivity index (χ1n) is 13.1. The van der Waals surface area contributed by atoms with Gasteiger partial charge in [-0.05, 0) is 87.0 Å². The number of nitrogens with zero attached hydrogens (tertiary/aromatic N) is 4. The molecule has 3 aromatic carbocycles. The van der Waals surface area contributed by atoms with Gasteiger partial charge in [0, 0.05) is 42.8 Å². The van der Waals surface area contributed by atoms with Crippen molar-refractivity contribution in [1.29, 1.82) is 0 Å². The molecule has 37 heavy (non-hydrogen) atoms. The summed E-state index contributed by atoms with van der Waals surface area (Å²) >= 11 is 1.79. The first-order valence-corrected chi connectivity index (χ1v) is 13.9. The molecule has 2 heterocycles. The number of hydrogen-bond donors (Lipinski definition) is 0. The molecule has 5 heteroatoms. The van der Waals surface area contributed by atoms with Crippen LogP contribution < -0.4 is 4.90 Å². The third kappa shape index (κ3) is 5.68. The molecule has 0 N–H and O–H groups in total. The minimum atomic E-state index is 0.848. The topological polar surface area (TPSA) is 22.1 Å². The summed E-state index contributed by atoms with van der Waals surface area (Å²) < 4.78 is 0. The fourth-order valence-corrected chi connectivity index (χ4v) is 5.88. The van der Waals surface area contributed by atoms with E-state index in [1.807, 2.05) is 0 Å². The summed E-state index contributed by atoms with van der Waals surface area (Å²) in [6, 6.07) is 26.1. The maximum absolute atomic E-state index is 5.06. The average molecular weight is 509 g/mol. The fourth-order valence-electron chi connectivity index (χ4n) is 4.88. The molecule has 0 radical (unpaired) electrons. The van der Waals surface area contributed by atoms with E-state index in [9.17, 15) is 0 Å². The van der Waals surface area contributed by atoms with E-state index in [1.54, 1.807) is 11.8 Å². The molecule has 3 aromatic rings. The Morgan fingerprint density at radius 3 is 2.51 bits per heavy atom. The zero-order chi connectivity index (χ0) is 25.8. The van der Waals surface area contributed by atoms with E-state index in [0.717, 1.165) is 37.5 Å². The third-order valence-corrected chi connectivity index (χ3v) is 8.14. The number of thioether (sulfide) groups is 1. The highest BCUT2D eigenvalue weighted by Crippen LogP contribution is 2.42. The van der Waals surface area contributed by atoms with Crippen LogP contribution in [0, 0.1) is 6.92 Å². The summed E-state index contributed by atoms with van der Waals surface area (Å²) in [5, 5.41) is 1.08. The quantitative estimate of drug-likeness (QED) is 0.357. The maximum atomic E-state index is 5.06. The summed E-state index contributed by atoms with van der Waals surface area (Å²) in [6.07, 6.45) is 6.79. The molecule has 2 aliphatic heterocycles. The molecule has 0 amide bonds. The summed E-state index contributed by atoms with van der Waals surface area (Å²) in [6.45, 7) is 5.01. The molecule has 0 saturated carbocycles. The molecule has 0 spiro atoms. The second-order valence-corrected chi connectivity index (χ2v) is 11.0. The van der Waals surface area contributed by atoms with Crippen molar-refractivity contribution >= 4 is 33.8 Å². The standard InChI is InChI=1S/C32H36N4S/c1-24-25-12-10-18-30(24)37-31(33-19-11-13-25)22-26-23-32(35(4)21-20-34(2)3)36(27-14-6-5-7-15-27)29-17-9-8-16-28(26)29/h5-10,12,14-18,22-23H,11,13,19-21H2,1-4H3/b26-22+,33-31?. The molecular weight excluding hydrogens is 472 g/mol. The number of aryl methyl sites for hydroxylation is 1. The van der Waals surface area contributed by atoms with E-state index in [0.29, 0.717) is 0 Å². The van der Waals surface area contributed by atoms with Crippen LogP contribution in [-0.2, 0) is 6.42 Å². The van der Waals surface area contributed by atoms with Crippen molar-refractivity contribution < 1.29 is 0 Å². The smallest absolute Gasteiger partial charge is 0.113 e. The van der Waals surface area contributed by atoms with Crippen molar-refractivity contribution in [1.82, 2.24) is 9.80 Å². The number of para-hydroxylation sites is 2. The molecule has 0 fully saturated rings. The second kappa shape index (κ2) is 11.4. The molecule has 4 nitrogen and oxygen atoms in total. The van der Waals surface area contributed by atoms with Crippen molar-refractivity contribution in [3.8, 4) is 0 Å². The Kier molecular flexibility index (Phi) is 7.82. The van der Waals surface area contributed by atoms with Crippen molar-refractivity contribution in [3.05, 3.63) is 107 Å². The van der Waals surface area contributed by atoms with E-state index in [1.165, 1.54) is 44.4 Å². The molecule has 2 aliphatic rings. The van der Waals surface area contributed by atoms with E-state index in [4.69, 9.17) is 4.99 Å². The van der Waals surface area contributed by atoms with E-state index in [-0.39, 0.29) is 0 Å². The first-order chi connectivity index (χ1) is 18.0. The number of anilines is 2. The minimum Gasteiger partial charge on any atom is -0.359 e. The highest BCUT2D eigenvalue weighted by molar-refractivity contribution is 8.14. The van der Waals surface area contributed by atoms with Gasteiger partial charge in [0.1, 0.15) is 5.82 Å². The van der Waals surface area contributed by atoms with Gasteiger partial charge in [-0.1, -0.05) is 60.3 Å². The van der Waals surface area contributed by atoms with E-state index in [2.05, 4.69) is 128 Å². The van der Waals surface area contributed by atoms with Gasteiger partial charge in [-0.2, -0.15) is 0 Å². The van der Waals surface area contributed by atoms with Gasteiger partial charge in [-0.25, -0.2) is 0 Å². The van der Waals surface area contributed by atoms with Crippen molar-refractivity contribution in [2.24, 2.45) is 4.99 Å². The lowest BCUT2D eigenvalue weighted by molar-refractivity contribution is 0.323. The van der Waals surface area contributed by atoms with Gasteiger partial charge in [0.25, 0.3) is 0 Å². The number of allylic oxidation sites excluding steroid dienone is 2. The van der Waals surface area contributed by atoms with Gasteiger partial charge in [0.05, 0.1) is 10.7 Å². The van der Waals surface area contributed by atoms with Crippen LogP contribution in [0.25, 0.3) is 5.57 Å². The van der Waals surface area contributed by atoms with Gasteiger partial charge in [0.15, 0.2) is 0 Å². The van der Waals surface area contributed by atoms with Gasteiger partial charge in [-0.3, -0.25) is 9.89 Å². The van der Waals surface area contributed by atoms with Crippen LogP contribution in [0.15, 0.2) is 101 Å². The molecule has 5 rings (SSSR count). The van der Waals surface area contributed by atoms with E-state index >= 15 is 0 Å². The molecule has 0 aliphatic carbocycles.